The fraction of sp³-hybridized carbons (Fsp3) is 0.308. The van der Waals surface area contributed by atoms with Gasteiger partial charge >= 0.3 is 5.97 Å². The van der Waals surface area contributed by atoms with Crippen LogP contribution in [0.25, 0.3) is 0 Å². The second kappa shape index (κ2) is 5.00. The van der Waals surface area contributed by atoms with Crippen LogP contribution in [0.2, 0.25) is 0 Å². The lowest BCUT2D eigenvalue weighted by Crippen LogP contribution is -2.06. The first-order valence-corrected chi connectivity index (χ1v) is 5.78. The van der Waals surface area contributed by atoms with Crippen molar-refractivity contribution < 1.29 is 9.90 Å². The van der Waals surface area contributed by atoms with Gasteiger partial charge in [0.1, 0.15) is 12.2 Å². The third kappa shape index (κ3) is 2.56. The van der Waals surface area contributed by atoms with E-state index in [1.807, 2.05) is 16.7 Å². The molecule has 0 unspecified atom stereocenters. The van der Waals surface area contributed by atoms with Crippen molar-refractivity contribution in [3.63, 3.8) is 0 Å². The first-order chi connectivity index (χ1) is 8.58. The number of benzene rings is 1. The molecule has 1 N–H and O–H groups in total. The molecule has 0 bridgehead atoms. The molecule has 1 heterocycles. The van der Waals surface area contributed by atoms with Gasteiger partial charge in [-0.05, 0) is 17.7 Å². The number of nitrogens with zero attached hydrogens (tertiary/aromatic N) is 3. The lowest BCUT2D eigenvalue weighted by molar-refractivity contribution is 0.0697. The van der Waals surface area contributed by atoms with Gasteiger partial charge in [0.2, 0.25) is 0 Å². The van der Waals surface area contributed by atoms with Crippen LogP contribution in [-0.2, 0) is 6.54 Å². The van der Waals surface area contributed by atoms with E-state index in [9.17, 15) is 4.79 Å². The Balaban J connectivity index is 2.18. The van der Waals surface area contributed by atoms with E-state index in [4.69, 9.17) is 5.11 Å². The van der Waals surface area contributed by atoms with Gasteiger partial charge in [0, 0.05) is 5.92 Å². The molecule has 0 amide bonds. The summed E-state index contributed by atoms with van der Waals surface area (Å²) >= 11 is 0. The van der Waals surface area contributed by atoms with Crippen molar-refractivity contribution in [1.29, 1.82) is 0 Å². The summed E-state index contributed by atoms with van der Waals surface area (Å²) in [7, 11) is 0. The number of carboxylic acid groups (broad SMARTS) is 1. The maximum Gasteiger partial charge on any atom is 0.335 e. The largest absolute Gasteiger partial charge is 0.478 e. The fourth-order valence-corrected chi connectivity index (χ4v) is 1.78. The smallest absolute Gasteiger partial charge is 0.335 e. The summed E-state index contributed by atoms with van der Waals surface area (Å²) in [5, 5.41) is 16.8. The summed E-state index contributed by atoms with van der Waals surface area (Å²) in [6, 6.07) is 6.84. The molecule has 0 aliphatic rings. The van der Waals surface area contributed by atoms with Crippen LogP contribution in [0.5, 0.6) is 0 Å². The molecule has 2 rings (SSSR count). The van der Waals surface area contributed by atoms with E-state index in [0.29, 0.717) is 18.0 Å². The summed E-state index contributed by atoms with van der Waals surface area (Å²) < 4.78 is 1.97. The van der Waals surface area contributed by atoms with Crippen LogP contribution in [0, 0.1) is 0 Å². The Morgan fingerprint density at radius 3 is 2.56 bits per heavy atom. The third-order valence-corrected chi connectivity index (χ3v) is 2.72. The van der Waals surface area contributed by atoms with E-state index in [-0.39, 0.29) is 0 Å². The van der Waals surface area contributed by atoms with E-state index in [0.717, 1.165) is 11.4 Å². The molecule has 94 valence electrons. The Labute approximate surface area is 105 Å². The zero-order valence-corrected chi connectivity index (χ0v) is 10.4. The van der Waals surface area contributed by atoms with Crippen molar-refractivity contribution in [2.24, 2.45) is 0 Å². The van der Waals surface area contributed by atoms with Crippen LogP contribution in [0.4, 0.5) is 0 Å². The summed E-state index contributed by atoms with van der Waals surface area (Å²) in [6.07, 6.45) is 1.69. The van der Waals surface area contributed by atoms with E-state index in [1.165, 1.54) is 0 Å². The van der Waals surface area contributed by atoms with Crippen LogP contribution in [-0.4, -0.2) is 25.8 Å². The minimum absolute atomic E-state index is 0.298. The Bertz CT molecular complexity index is 544. The molecule has 18 heavy (non-hydrogen) atoms. The second-order valence-electron chi connectivity index (χ2n) is 4.47. The van der Waals surface area contributed by atoms with Crippen molar-refractivity contribution in [1.82, 2.24) is 14.8 Å². The molecule has 0 atom stereocenters. The van der Waals surface area contributed by atoms with Gasteiger partial charge < -0.3 is 9.67 Å². The maximum absolute atomic E-state index is 10.7. The molecule has 0 fully saturated rings. The zero-order valence-electron chi connectivity index (χ0n) is 10.4. The van der Waals surface area contributed by atoms with Crippen LogP contribution >= 0.6 is 0 Å². The Kier molecular flexibility index (Phi) is 3.41. The zero-order chi connectivity index (χ0) is 13.1. The van der Waals surface area contributed by atoms with Gasteiger partial charge in [0.25, 0.3) is 0 Å². The maximum atomic E-state index is 10.7. The molecule has 1 aromatic carbocycles. The number of hydrogen-bond acceptors (Lipinski definition) is 3. The molecule has 0 saturated heterocycles. The molecular formula is C13H15N3O2. The highest BCUT2D eigenvalue weighted by Gasteiger charge is 2.09. The van der Waals surface area contributed by atoms with Crippen LogP contribution in [0.1, 0.15) is 41.5 Å². The number of aromatic carboxylic acids is 1. The summed E-state index contributed by atoms with van der Waals surface area (Å²) in [6.45, 7) is 4.78. The average molecular weight is 245 g/mol. The topological polar surface area (TPSA) is 68.0 Å². The number of hydrogen-bond donors (Lipinski definition) is 1. The first-order valence-electron chi connectivity index (χ1n) is 5.78. The van der Waals surface area contributed by atoms with Crippen LogP contribution < -0.4 is 0 Å². The van der Waals surface area contributed by atoms with Crippen molar-refractivity contribution in [2.45, 2.75) is 26.3 Å². The molecule has 2 aromatic rings. The lowest BCUT2D eigenvalue weighted by Gasteiger charge is -2.09. The summed E-state index contributed by atoms with van der Waals surface area (Å²) in [4.78, 5) is 10.7. The minimum atomic E-state index is -0.909. The Morgan fingerprint density at radius 2 is 2.00 bits per heavy atom. The van der Waals surface area contributed by atoms with Gasteiger partial charge in [-0.2, -0.15) is 0 Å². The number of aromatic nitrogens is 3. The Morgan fingerprint density at radius 1 is 1.33 bits per heavy atom. The molecular weight excluding hydrogens is 230 g/mol. The van der Waals surface area contributed by atoms with E-state index in [1.54, 1.807) is 18.5 Å². The minimum Gasteiger partial charge on any atom is -0.478 e. The van der Waals surface area contributed by atoms with E-state index in [2.05, 4.69) is 24.0 Å². The first kappa shape index (κ1) is 12.3. The highest BCUT2D eigenvalue weighted by atomic mass is 16.4. The fourth-order valence-electron chi connectivity index (χ4n) is 1.78. The van der Waals surface area contributed by atoms with Gasteiger partial charge in [-0.25, -0.2) is 4.79 Å². The molecule has 0 aliphatic heterocycles. The van der Waals surface area contributed by atoms with Crippen molar-refractivity contribution in [2.75, 3.05) is 0 Å². The third-order valence-electron chi connectivity index (χ3n) is 2.72. The standard InChI is InChI=1S/C13H15N3O2/c1-9(2)12-15-14-8-16(12)7-10-3-5-11(6-4-10)13(17)18/h3-6,8-9H,7H2,1-2H3,(H,17,18). The van der Waals surface area contributed by atoms with Gasteiger partial charge in [-0.3, -0.25) is 0 Å². The number of rotatable bonds is 4. The monoisotopic (exact) mass is 245 g/mol. The molecule has 0 spiro atoms. The van der Waals surface area contributed by atoms with Crippen LogP contribution in [0.15, 0.2) is 30.6 Å². The number of carbonyl (C=O) groups is 1. The Hall–Kier alpha value is -2.17. The second-order valence-corrected chi connectivity index (χ2v) is 4.47. The van der Waals surface area contributed by atoms with Gasteiger partial charge in [-0.15, -0.1) is 10.2 Å². The quantitative estimate of drug-likeness (QED) is 0.896. The van der Waals surface area contributed by atoms with Gasteiger partial charge in [0.05, 0.1) is 12.1 Å². The van der Waals surface area contributed by atoms with Gasteiger partial charge in [-0.1, -0.05) is 26.0 Å². The van der Waals surface area contributed by atoms with Crippen molar-refractivity contribution in [3.05, 3.63) is 47.5 Å². The average Bonchev–Trinajstić information content (AvgIpc) is 2.78. The number of carboxylic acids is 1. The summed E-state index contributed by atoms with van der Waals surface area (Å²) in [5.74, 6) is 0.330. The van der Waals surface area contributed by atoms with E-state index < -0.39 is 5.97 Å². The highest BCUT2D eigenvalue weighted by Crippen LogP contribution is 2.13. The highest BCUT2D eigenvalue weighted by molar-refractivity contribution is 5.87. The SMILES string of the molecule is CC(C)c1nncn1Cc1ccc(C(=O)O)cc1. The van der Waals surface area contributed by atoms with Crippen LogP contribution in [0.3, 0.4) is 0 Å². The summed E-state index contributed by atoms with van der Waals surface area (Å²) in [5.41, 5.74) is 1.33. The molecule has 0 aliphatic carbocycles. The predicted molar refractivity (Wildman–Crippen MR) is 66.6 cm³/mol. The van der Waals surface area contributed by atoms with E-state index >= 15 is 0 Å². The van der Waals surface area contributed by atoms with Crippen molar-refractivity contribution >= 4 is 5.97 Å². The molecule has 5 heteroatoms. The predicted octanol–water partition coefficient (Wildman–Crippen LogP) is 2.15. The molecule has 5 nitrogen and oxygen atoms in total. The molecule has 0 radical (unpaired) electrons. The molecule has 1 aromatic heterocycles. The van der Waals surface area contributed by atoms with Crippen molar-refractivity contribution in [3.8, 4) is 0 Å². The normalized spacial score (nSPS) is 10.8. The molecule has 0 saturated carbocycles. The lowest BCUT2D eigenvalue weighted by atomic mass is 10.1. The van der Waals surface area contributed by atoms with Gasteiger partial charge in [0.15, 0.2) is 0 Å².